The highest BCUT2D eigenvalue weighted by Gasteiger charge is 2.06. The van der Waals surface area contributed by atoms with E-state index in [1.54, 1.807) is 4.68 Å². The molecule has 92 valence electrons. The fourth-order valence-electron chi connectivity index (χ4n) is 1.55. The van der Waals surface area contributed by atoms with E-state index in [9.17, 15) is 5.11 Å². The Labute approximate surface area is 96.1 Å². The van der Waals surface area contributed by atoms with Crippen LogP contribution in [0.3, 0.4) is 0 Å². The monoisotopic (exact) mass is 227 g/mol. The van der Waals surface area contributed by atoms with Crippen LogP contribution in [0, 0.1) is 0 Å². The van der Waals surface area contributed by atoms with Gasteiger partial charge in [-0.25, -0.2) is 4.68 Å². The molecule has 2 N–H and O–H groups in total. The summed E-state index contributed by atoms with van der Waals surface area (Å²) in [5.41, 5.74) is 0.872. The molecule has 1 aromatic heterocycles. The van der Waals surface area contributed by atoms with Gasteiger partial charge in [-0.05, 0) is 19.3 Å². The summed E-state index contributed by atoms with van der Waals surface area (Å²) in [6.07, 6.45) is 5.88. The van der Waals surface area contributed by atoms with E-state index in [0.29, 0.717) is 13.0 Å². The van der Waals surface area contributed by atoms with Crippen LogP contribution in [0.5, 0.6) is 0 Å². The number of hydrogen-bond acceptors (Lipinski definition) is 4. The van der Waals surface area contributed by atoms with E-state index in [-0.39, 0.29) is 12.7 Å². The van der Waals surface area contributed by atoms with Crippen LogP contribution in [-0.4, -0.2) is 37.9 Å². The maximum absolute atomic E-state index is 9.69. The van der Waals surface area contributed by atoms with E-state index >= 15 is 0 Å². The molecular weight excluding hydrogens is 206 g/mol. The second kappa shape index (κ2) is 7.35. The van der Waals surface area contributed by atoms with Gasteiger partial charge in [-0.1, -0.05) is 25.0 Å². The fourth-order valence-corrected chi connectivity index (χ4v) is 1.55. The molecule has 0 aliphatic carbocycles. The molecule has 5 nitrogen and oxygen atoms in total. The van der Waals surface area contributed by atoms with Crippen LogP contribution < -0.4 is 0 Å². The standard InChI is InChI=1S/C11H21N3O2/c1-2-3-6-11(16)9-14-8-10(12-13-14)5-4-7-15/h8,11,15-16H,2-7,9H2,1H3. The predicted molar refractivity (Wildman–Crippen MR) is 61.0 cm³/mol. The van der Waals surface area contributed by atoms with Gasteiger partial charge in [0, 0.05) is 12.8 Å². The highest BCUT2D eigenvalue weighted by atomic mass is 16.3. The lowest BCUT2D eigenvalue weighted by atomic mass is 10.1. The third kappa shape index (κ3) is 4.72. The van der Waals surface area contributed by atoms with E-state index < -0.39 is 0 Å². The summed E-state index contributed by atoms with van der Waals surface area (Å²) in [5.74, 6) is 0. The molecule has 16 heavy (non-hydrogen) atoms. The summed E-state index contributed by atoms with van der Waals surface area (Å²) in [6, 6.07) is 0. The Morgan fingerprint density at radius 3 is 2.94 bits per heavy atom. The minimum Gasteiger partial charge on any atom is -0.396 e. The Balaban J connectivity index is 2.33. The van der Waals surface area contributed by atoms with Gasteiger partial charge in [-0.3, -0.25) is 0 Å². The van der Waals surface area contributed by atoms with Crippen LogP contribution in [0.25, 0.3) is 0 Å². The molecule has 1 rings (SSSR count). The quantitative estimate of drug-likeness (QED) is 0.687. The second-order valence-corrected chi connectivity index (χ2v) is 4.06. The molecule has 0 spiro atoms. The topological polar surface area (TPSA) is 71.2 Å². The first-order valence-electron chi connectivity index (χ1n) is 5.94. The van der Waals surface area contributed by atoms with Crippen molar-refractivity contribution in [3.63, 3.8) is 0 Å². The largest absolute Gasteiger partial charge is 0.396 e. The van der Waals surface area contributed by atoms with Crippen molar-refractivity contribution in [2.45, 2.75) is 51.7 Å². The van der Waals surface area contributed by atoms with Crippen LogP contribution in [-0.2, 0) is 13.0 Å². The van der Waals surface area contributed by atoms with E-state index in [1.807, 2.05) is 6.20 Å². The summed E-state index contributed by atoms with van der Waals surface area (Å²) in [4.78, 5) is 0. The number of rotatable bonds is 8. The van der Waals surface area contributed by atoms with Crippen LogP contribution in [0.15, 0.2) is 6.20 Å². The SMILES string of the molecule is CCCCC(O)Cn1cc(CCCO)nn1. The van der Waals surface area contributed by atoms with Gasteiger partial charge in [0.25, 0.3) is 0 Å². The maximum Gasteiger partial charge on any atom is 0.0828 e. The molecule has 0 saturated heterocycles. The molecule has 1 atom stereocenters. The number of aliphatic hydroxyl groups is 2. The number of unbranched alkanes of at least 4 members (excludes halogenated alkanes) is 1. The van der Waals surface area contributed by atoms with Crippen LogP contribution in [0.2, 0.25) is 0 Å². The number of hydrogen-bond donors (Lipinski definition) is 2. The molecule has 0 amide bonds. The van der Waals surface area contributed by atoms with Gasteiger partial charge in [0.2, 0.25) is 0 Å². The van der Waals surface area contributed by atoms with Crippen LogP contribution in [0.4, 0.5) is 0 Å². The molecule has 0 bridgehead atoms. The lowest BCUT2D eigenvalue weighted by Gasteiger charge is -2.08. The summed E-state index contributed by atoms with van der Waals surface area (Å²) >= 11 is 0. The molecule has 0 fully saturated rings. The fraction of sp³-hybridized carbons (Fsp3) is 0.818. The Morgan fingerprint density at radius 2 is 2.25 bits per heavy atom. The first-order valence-corrected chi connectivity index (χ1v) is 5.94. The maximum atomic E-state index is 9.69. The molecule has 0 saturated carbocycles. The summed E-state index contributed by atoms with van der Waals surface area (Å²) in [7, 11) is 0. The highest BCUT2D eigenvalue weighted by Crippen LogP contribution is 2.04. The van der Waals surface area contributed by atoms with Gasteiger partial charge in [-0.15, -0.1) is 5.10 Å². The lowest BCUT2D eigenvalue weighted by molar-refractivity contribution is 0.136. The van der Waals surface area contributed by atoms with Crippen molar-refractivity contribution >= 4 is 0 Å². The molecule has 0 aliphatic rings. The van der Waals surface area contributed by atoms with Crippen LogP contribution in [0.1, 0.15) is 38.3 Å². The smallest absolute Gasteiger partial charge is 0.0828 e. The van der Waals surface area contributed by atoms with Crippen molar-refractivity contribution in [2.24, 2.45) is 0 Å². The van der Waals surface area contributed by atoms with Crippen molar-refractivity contribution in [3.05, 3.63) is 11.9 Å². The molecule has 0 aliphatic heterocycles. The van der Waals surface area contributed by atoms with E-state index in [1.165, 1.54) is 0 Å². The van der Waals surface area contributed by atoms with Gasteiger partial charge < -0.3 is 10.2 Å². The molecule has 5 heteroatoms. The minimum absolute atomic E-state index is 0.173. The normalized spacial score (nSPS) is 12.9. The first-order chi connectivity index (χ1) is 7.76. The second-order valence-electron chi connectivity index (χ2n) is 4.06. The van der Waals surface area contributed by atoms with Crippen molar-refractivity contribution in [1.82, 2.24) is 15.0 Å². The number of aryl methyl sites for hydroxylation is 1. The number of nitrogens with zero attached hydrogens (tertiary/aromatic N) is 3. The third-order valence-corrected chi connectivity index (χ3v) is 2.47. The Hall–Kier alpha value is -0.940. The Morgan fingerprint density at radius 1 is 1.44 bits per heavy atom. The number of aliphatic hydroxyl groups excluding tert-OH is 2. The van der Waals surface area contributed by atoms with Gasteiger partial charge in [0.1, 0.15) is 0 Å². The van der Waals surface area contributed by atoms with Crippen molar-refractivity contribution in [3.8, 4) is 0 Å². The van der Waals surface area contributed by atoms with Crippen molar-refractivity contribution in [2.75, 3.05) is 6.61 Å². The zero-order valence-corrected chi connectivity index (χ0v) is 9.84. The minimum atomic E-state index is -0.340. The van der Waals surface area contributed by atoms with Gasteiger partial charge in [0.15, 0.2) is 0 Å². The zero-order valence-electron chi connectivity index (χ0n) is 9.84. The summed E-state index contributed by atoms with van der Waals surface area (Å²) in [6.45, 7) is 2.79. The zero-order chi connectivity index (χ0) is 11.8. The Bertz CT molecular complexity index is 289. The number of aromatic nitrogens is 3. The van der Waals surface area contributed by atoms with E-state index in [2.05, 4.69) is 17.2 Å². The van der Waals surface area contributed by atoms with E-state index in [4.69, 9.17) is 5.11 Å². The molecule has 1 aromatic rings. The summed E-state index contributed by atoms with van der Waals surface area (Å²) < 4.78 is 1.67. The van der Waals surface area contributed by atoms with Gasteiger partial charge >= 0.3 is 0 Å². The van der Waals surface area contributed by atoms with Crippen molar-refractivity contribution in [1.29, 1.82) is 0 Å². The molecular formula is C11H21N3O2. The molecule has 0 radical (unpaired) electrons. The van der Waals surface area contributed by atoms with Crippen LogP contribution >= 0.6 is 0 Å². The van der Waals surface area contributed by atoms with Crippen molar-refractivity contribution < 1.29 is 10.2 Å². The third-order valence-electron chi connectivity index (χ3n) is 2.47. The van der Waals surface area contributed by atoms with E-state index in [0.717, 1.165) is 31.4 Å². The van der Waals surface area contributed by atoms with Gasteiger partial charge in [-0.2, -0.15) is 0 Å². The Kier molecular flexibility index (Phi) is 6.03. The average molecular weight is 227 g/mol. The molecule has 1 unspecified atom stereocenters. The highest BCUT2D eigenvalue weighted by molar-refractivity contribution is 4.92. The predicted octanol–water partition coefficient (Wildman–Crippen LogP) is 0.754. The first kappa shape index (κ1) is 13.1. The molecule has 0 aromatic carbocycles. The summed E-state index contributed by atoms with van der Waals surface area (Å²) in [5, 5.41) is 26.3. The van der Waals surface area contributed by atoms with Gasteiger partial charge in [0.05, 0.1) is 18.3 Å². The lowest BCUT2D eigenvalue weighted by Crippen LogP contribution is -2.16. The molecule has 1 heterocycles. The average Bonchev–Trinajstić information content (AvgIpc) is 2.71.